The van der Waals surface area contributed by atoms with E-state index in [0.29, 0.717) is 6.42 Å². The van der Waals surface area contributed by atoms with Gasteiger partial charge in [0.05, 0.1) is 12.5 Å². The van der Waals surface area contributed by atoms with Crippen molar-refractivity contribution in [1.29, 1.82) is 5.26 Å². The maximum atomic E-state index is 8.45. The number of nitrogens with zero attached hydrogens (tertiary/aromatic N) is 1. The van der Waals surface area contributed by atoms with Gasteiger partial charge < -0.3 is 10.5 Å². The predicted molar refractivity (Wildman–Crippen MR) is 131 cm³/mol. The van der Waals surface area contributed by atoms with Gasteiger partial charge in [0.2, 0.25) is 0 Å². The summed E-state index contributed by atoms with van der Waals surface area (Å²) in [5.41, 5.74) is 10.4. The van der Waals surface area contributed by atoms with Gasteiger partial charge in [-0.1, -0.05) is 51.4 Å². The summed E-state index contributed by atoms with van der Waals surface area (Å²) in [6.45, 7) is 5.71. The molecule has 0 amide bonds. The van der Waals surface area contributed by atoms with E-state index in [-0.39, 0.29) is 13.4 Å². The molecule has 0 aromatic heterocycles. The van der Waals surface area contributed by atoms with E-state index in [0.717, 1.165) is 46.9 Å². The molecule has 0 spiro atoms. The molecule has 29 heavy (non-hydrogen) atoms. The lowest BCUT2D eigenvalue weighted by Gasteiger charge is -2.03. The Morgan fingerprint density at radius 2 is 1.66 bits per heavy atom. The van der Waals surface area contributed by atoms with E-state index in [4.69, 9.17) is 23.6 Å². The molecule has 6 heteroatoms. The van der Waals surface area contributed by atoms with Gasteiger partial charge in [0, 0.05) is 21.6 Å². The lowest BCUT2D eigenvalue weighted by Crippen LogP contribution is -2.03. The summed E-state index contributed by atoms with van der Waals surface area (Å²) < 4.78 is 7.13. The number of ether oxygens (including phenoxy) is 1. The van der Waals surface area contributed by atoms with Gasteiger partial charge in [-0.25, -0.2) is 0 Å². The zero-order chi connectivity index (χ0) is 20.9. The van der Waals surface area contributed by atoms with E-state index in [1.165, 1.54) is 16.7 Å². The Bertz CT molecular complexity index is 772. The second-order valence-corrected chi connectivity index (χ2v) is 8.40. The molecule has 1 aliphatic heterocycles. The van der Waals surface area contributed by atoms with Gasteiger partial charge >= 0.3 is 0 Å². The van der Waals surface area contributed by atoms with E-state index < -0.39 is 0 Å². The number of halogens is 2. The summed E-state index contributed by atoms with van der Waals surface area (Å²) in [6, 6.07) is 14.4. The lowest BCUT2D eigenvalue weighted by molar-refractivity contribution is 0.168. The molecule has 2 N–H and O–H groups in total. The summed E-state index contributed by atoms with van der Waals surface area (Å²) in [4.78, 5) is 0. The van der Waals surface area contributed by atoms with Crippen molar-refractivity contribution in [3.05, 3.63) is 67.6 Å². The molecule has 2 radical (unpaired) electrons. The van der Waals surface area contributed by atoms with Crippen LogP contribution < -0.4 is 5.73 Å². The van der Waals surface area contributed by atoms with Crippen molar-refractivity contribution in [2.75, 3.05) is 13.2 Å². The first-order valence-electron chi connectivity index (χ1n) is 9.31. The average Bonchev–Trinajstić information content (AvgIpc) is 3.12. The SMILES string of the molecule is C.Cc1cc(Br)ccc1CC#N.Cc1cc(Br)ccc1CCN.[B]C1CCCO1. The van der Waals surface area contributed by atoms with Crippen LogP contribution >= 0.6 is 31.9 Å². The van der Waals surface area contributed by atoms with Crippen LogP contribution in [0, 0.1) is 25.2 Å². The van der Waals surface area contributed by atoms with Gasteiger partial charge in [0.1, 0.15) is 7.85 Å². The molecule has 1 heterocycles. The van der Waals surface area contributed by atoms with Crippen LogP contribution in [0.5, 0.6) is 0 Å². The van der Waals surface area contributed by atoms with E-state index in [9.17, 15) is 0 Å². The molecule has 1 aliphatic rings. The zero-order valence-electron chi connectivity index (χ0n) is 16.6. The molecular formula is C23H31BBr2N2O. The maximum absolute atomic E-state index is 8.45. The fourth-order valence-electron chi connectivity index (χ4n) is 2.64. The highest BCUT2D eigenvalue weighted by Gasteiger charge is 2.06. The van der Waals surface area contributed by atoms with Gasteiger partial charge in [0.25, 0.3) is 0 Å². The standard InChI is InChI=1S/C9H12BrN.C9H8BrN.C4H7BO.CH4/c2*1-7-6-9(10)3-2-8(7)4-5-11;5-4-2-1-3-6-4;/h2-3,6H,4-5,11H2,1H3;2-3,6H,4H2,1H3;4H,1-3H2;1H4. The van der Waals surface area contributed by atoms with Crippen molar-refractivity contribution in [2.45, 2.75) is 53.0 Å². The highest BCUT2D eigenvalue weighted by atomic mass is 79.9. The molecule has 1 saturated heterocycles. The van der Waals surface area contributed by atoms with Gasteiger partial charge in [-0.2, -0.15) is 5.26 Å². The second kappa shape index (κ2) is 15.7. The highest BCUT2D eigenvalue weighted by molar-refractivity contribution is 9.10. The molecular weight excluding hydrogens is 491 g/mol. The molecule has 2 aromatic rings. The molecule has 2 aromatic carbocycles. The van der Waals surface area contributed by atoms with Crippen LogP contribution in [-0.2, 0) is 17.6 Å². The van der Waals surface area contributed by atoms with Crippen LogP contribution in [-0.4, -0.2) is 27.0 Å². The number of hydrogen-bond donors (Lipinski definition) is 1. The zero-order valence-corrected chi connectivity index (χ0v) is 19.7. The molecule has 0 bridgehead atoms. The molecule has 1 atom stereocenters. The smallest absolute Gasteiger partial charge is 0.108 e. The number of hydrogen-bond acceptors (Lipinski definition) is 3. The summed E-state index contributed by atoms with van der Waals surface area (Å²) in [5.74, 6) is 0. The fourth-order valence-corrected chi connectivity index (χ4v) is 3.59. The summed E-state index contributed by atoms with van der Waals surface area (Å²) >= 11 is 6.78. The fraction of sp³-hybridized carbons (Fsp3) is 0.435. The maximum Gasteiger partial charge on any atom is 0.108 e. The Kier molecular flexibility index (Phi) is 15.1. The largest absolute Gasteiger partial charge is 0.388 e. The van der Waals surface area contributed by atoms with Crippen molar-refractivity contribution < 1.29 is 4.74 Å². The highest BCUT2D eigenvalue weighted by Crippen LogP contribution is 2.16. The van der Waals surface area contributed by atoms with Crippen LogP contribution in [0.3, 0.4) is 0 Å². The molecule has 0 saturated carbocycles. The molecule has 3 rings (SSSR count). The van der Waals surface area contributed by atoms with Crippen LogP contribution in [0.4, 0.5) is 0 Å². The van der Waals surface area contributed by atoms with Crippen LogP contribution in [0.1, 0.15) is 42.5 Å². The van der Waals surface area contributed by atoms with Crippen LogP contribution in [0.2, 0.25) is 0 Å². The Balaban J connectivity index is 0.000000415. The minimum Gasteiger partial charge on any atom is -0.388 e. The summed E-state index contributed by atoms with van der Waals surface area (Å²) in [6.07, 6.45) is 3.65. The average molecular weight is 522 g/mol. The van der Waals surface area contributed by atoms with E-state index in [1.807, 2.05) is 25.1 Å². The van der Waals surface area contributed by atoms with Crippen molar-refractivity contribution >= 4 is 39.7 Å². The monoisotopic (exact) mass is 520 g/mol. The predicted octanol–water partition coefficient (Wildman–Crippen LogP) is 6.01. The molecule has 1 unspecified atom stereocenters. The molecule has 156 valence electrons. The lowest BCUT2D eigenvalue weighted by atomic mass is 9.98. The third-order valence-electron chi connectivity index (χ3n) is 4.26. The van der Waals surface area contributed by atoms with Crippen molar-refractivity contribution in [1.82, 2.24) is 0 Å². The first kappa shape index (κ1) is 27.9. The third kappa shape index (κ3) is 11.6. The van der Waals surface area contributed by atoms with E-state index in [2.05, 4.69) is 63.1 Å². The normalized spacial score (nSPS) is 14.4. The minimum atomic E-state index is 0. The van der Waals surface area contributed by atoms with Crippen LogP contribution in [0.15, 0.2) is 45.3 Å². The third-order valence-corrected chi connectivity index (χ3v) is 5.24. The van der Waals surface area contributed by atoms with E-state index >= 15 is 0 Å². The Labute approximate surface area is 194 Å². The quantitative estimate of drug-likeness (QED) is 0.503. The van der Waals surface area contributed by atoms with Gasteiger partial charge in [-0.15, -0.1) is 0 Å². The van der Waals surface area contributed by atoms with Crippen molar-refractivity contribution in [2.24, 2.45) is 5.73 Å². The van der Waals surface area contributed by atoms with Gasteiger partial charge in [-0.05, 0) is 86.2 Å². The summed E-state index contributed by atoms with van der Waals surface area (Å²) in [5, 5.41) is 8.45. The molecule has 1 fully saturated rings. The second-order valence-electron chi connectivity index (χ2n) is 6.57. The topological polar surface area (TPSA) is 59.0 Å². The van der Waals surface area contributed by atoms with Crippen molar-refractivity contribution in [3.8, 4) is 6.07 Å². The minimum absolute atomic E-state index is 0. The molecule has 0 aliphatic carbocycles. The Hall–Kier alpha value is -1.13. The number of rotatable bonds is 3. The molecule has 3 nitrogen and oxygen atoms in total. The number of nitriles is 1. The van der Waals surface area contributed by atoms with Crippen molar-refractivity contribution in [3.63, 3.8) is 0 Å². The number of aryl methyl sites for hydroxylation is 2. The van der Waals surface area contributed by atoms with Gasteiger partial charge in [0.15, 0.2) is 0 Å². The first-order valence-corrected chi connectivity index (χ1v) is 10.9. The first-order chi connectivity index (χ1) is 13.4. The number of benzene rings is 2. The Morgan fingerprint density at radius 3 is 2.00 bits per heavy atom. The Morgan fingerprint density at radius 1 is 1.10 bits per heavy atom. The summed E-state index contributed by atoms with van der Waals surface area (Å²) in [7, 11) is 5.31. The van der Waals surface area contributed by atoms with Gasteiger partial charge in [-0.3, -0.25) is 0 Å². The van der Waals surface area contributed by atoms with Crippen LogP contribution in [0.25, 0.3) is 0 Å². The van der Waals surface area contributed by atoms with E-state index in [1.54, 1.807) is 0 Å². The number of nitrogens with two attached hydrogens (primary N) is 1.